The Morgan fingerprint density at radius 1 is 1.32 bits per heavy atom. The molecule has 0 saturated carbocycles. The molecule has 0 aliphatic heterocycles. The summed E-state index contributed by atoms with van der Waals surface area (Å²) in [7, 11) is 0. The van der Waals surface area contributed by atoms with Crippen LogP contribution in [-0.2, 0) is 0 Å². The molecule has 2 unspecified atom stereocenters. The molecular formula is C14H21N5. The Hall–Kier alpha value is -1.75. The van der Waals surface area contributed by atoms with Crippen LogP contribution in [0.4, 0.5) is 0 Å². The number of nitrogens with one attached hydrogen (secondary N) is 1. The summed E-state index contributed by atoms with van der Waals surface area (Å²) in [6.07, 6.45) is 2.81. The molecule has 0 aliphatic carbocycles. The second-order valence-electron chi connectivity index (χ2n) is 4.99. The average Bonchev–Trinajstić information content (AvgIpc) is 2.98. The minimum atomic E-state index is 0.324. The zero-order valence-electron chi connectivity index (χ0n) is 11.7. The van der Waals surface area contributed by atoms with Crippen molar-refractivity contribution in [3.63, 3.8) is 0 Å². The Morgan fingerprint density at radius 3 is 2.84 bits per heavy atom. The molecule has 2 aromatic rings. The van der Waals surface area contributed by atoms with Gasteiger partial charge in [0.15, 0.2) is 0 Å². The fraction of sp³-hybridized carbons (Fsp3) is 0.500. The van der Waals surface area contributed by atoms with Crippen LogP contribution in [0, 0.1) is 5.92 Å². The van der Waals surface area contributed by atoms with E-state index in [2.05, 4.69) is 53.7 Å². The van der Waals surface area contributed by atoms with Crippen LogP contribution >= 0.6 is 0 Å². The molecule has 2 atom stereocenters. The van der Waals surface area contributed by atoms with E-state index < -0.39 is 0 Å². The van der Waals surface area contributed by atoms with Gasteiger partial charge in [-0.25, -0.2) is 4.68 Å². The molecule has 0 radical (unpaired) electrons. The van der Waals surface area contributed by atoms with Crippen LogP contribution in [-0.4, -0.2) is 26.8 Å². The molecule has 1 N–H and O–H groups in total. The lowest BCUT2D eigenvalue weighted by Gasteiger charge is -2.17. The molecule has 5 nitrogen and oxygen atoms in total. The molecule has 0 aliphatic rings. The maximum absolute atomic E-state index is 3.91. The summed E-state index contributed by atoms with van der Waals surface area (Å²) < 4.78 is 1.67. The molecule has 102 valence electrons. The van der Waals surface area contributed by atoms with Gasteiger partial charge in [0.05, 0.1) is 5.69 Å². The topological polar surface area (TPSA) is 55.6 Å². The van der Waals surface area contributed by atoms with Gasteiger partial charge in [0.2, 0.25) is 0 Å². The number of tetrazole rings is 1. The van der Waals surface area contributed by atoms with Gasteiger partial charge in [-0.3, -0.25) is 0 Å². The molecule has 1 aromatic carbocycles. The predicted octanol–water partition coefficient (Wildman–Crippen LogP) is 2.36. The molecular weight excluding hydrogens is 238 g/mol. The molecule has 0 bridgehead atoms. The third kappa shape index (κ3) is 3.61. The van der Waals surface area contributed by atoms with Gasteiger partial charge in [0, 0.05) is 6.04 Å². The molecule has 0 amide bonds. The number of benzene rings is 1. The number of hydrogen-bond donors (Lipinski definition) is 1. The van der Waals surface area contributed by atoms with E-state index in [-0.39, 0.29) is 0 Å². The highest BCUT2D eigenvalue weighted by Gasteiger charge is 2.08. The Bertz CT molecular complexity index is 494. The lowest BCUT2D eigenvalue weighted by atomic mass is 10.1. The average molecular weight is 259 g/mol. The van der Waals surface area contributed by atoms with Crippen molar-refractivity contribution >= 4 is 0 Å². The highest BCUT2D eigenvalue weighted by atomic mass is 15.5. The third-order valence-corrected chi connectivity index (χ3v) is 3.45. The summed E-state index contributed by atoms with van der Waals surface area (Å²) in [5.41, 5.74) is 2.23. The second kappa shape index (κ2) is 6.43. The van der Waals surface area contributed by atoms with Gasteiger partial charge in [0.1, 0.15) is 6.33 Å². The molecule has 2 rings (SSSR count). The summed E-state index contributed by atoms with van der Waals surface area (Å²) in [6.45, 7) is 7.69. The first-order valence-electron chi connectivity index (χ1n) is 6.77. The first-order chi connectivity index (χ1) is 9.20. The van der Waals surface area contributed by atoms with Crippen LogP contribution in [0.15, 0.2) is 30.6 Å². The Morgan fingerprint density at radius 2 is 2.16 bits per heavy atom. The van der Waals surface area contributed by atoms with E-state index in [0.717, 1.165) is 12.2 Å². The van der Waals surface area contributed by atoms with E-state index >= 15 is 0 Å². The summed E-state index contributed by atoms with van der Waals surface area (Å²) >= 11 is 0. The van der Waals surface area contributed by atoms with Crippen LogP contribution in [0.1, 0.15) is 38.8 Å². The van der Waals surface area contributed by atoms with Gasteiger partial charge >= 0.3 is 0 Å². The van der Waals surface area contributed by atoms with Crippen molar-refractivity contribution in [2.24, 2.45) is 5.92 Å². The summed E-state index contributed by atoms with van der Waals surface area (Å²) in [5.74, 6) is 0.699. The SMILES string of the molecule is CCC(C)CNC(C)c1cccc(-n2cnnn2)c1. The minimum absolute atomic E-state index is 0.324. The van der Waals surface area contributed by atoms with E-state index in [9.17, 15) is 0 Å². The quantitative estimate of drug-likeness (QED) is 0.865. The molecule has 5 heteroatoms. The van der Waals surface area contributed by atoms with Crippen molar-refractivity contribution < 1.29 is 0 Å². The van der Waals surface area contributed by atoms with E-state index in [1.807, 2.05) is 12.1 Å². The number of hydrogen-bond acceptors (Lipinski definition) is 4. The van der Waals surface area contributed by atoms with Gasteiger partial charge in [-0.1, -0.05) is 32.4 Å². The predicted molar refractivity (Wildman–Crippen MR) is 75.0 cm³/mol. The molecule has 1 aromatic heterocycles. The van der Waals surface area contributed by atoms with Crippen molar-refractivity contribution in [3.05, 3.63) is 36.2 Å². The number of aromatic nitrogens is 4. The molecule has 1 heterocycles. The largest absolute Gasteiger partial charge is 0.310 e. The summed E-state index contributed by atoms with van der Waals surface area (Å²) in [5, 5.41) is 14.8. The minimum Gasteiger partial charge on any atom is -0.310 e. The van der Waals surface area contributed by atoms with Gasteiger partial charge in [0.25, 0.3) is 0 Å². The number of nitrogens with zero attached hydrogens (tertiary/aromatic N) is 4. The van der Waals surface area contributed by atoms with Crippen LogP contribution < -0.4 is 5.32 Å². The Labute approximate surface area is 114 Å². The monoisotopic (exact) mass is 259 g/mol. The van der Waals surface area contributed by atoms with Crippen LogP contribution in [0.25, 0.3) is 5.69 Å². The van der Waals surface area contributed by atoms with Gasteiger partial charge < -0.3 is 5.32 Å². The molecule has 0 saturated heterocycles. The highest BCUT2D eigenvalue weighted by Crippen LogP contribution is 2.16. The Kier molecular flexibility index (Phi) is 4.63. The second-order valence-corrected chi connectivity index (χ2v) is 4.99. The number of rotatable bonds is 6. The van der Waals surface area contributed by atoms with Crippen LogP contribution in [0.2, 0.25) is 0 Å². The molecule has 19 heavy (non-hydrogen) atoms. The standard InChI is InChI=1S/C14H21N5/c1-4-11(2)9-15-12(3)13-6-5-7-14(8-13)19-10-16-17-18-19/h5-8,10-12,15H,4,9H2,1-3H3. The molecule has 0 fully saturated rings. The van der Waals surface area contributed by atoms with Crippen LogP contribution in [0.3, 0.4) is 0 Å². The summed E-state index contributed by atoms with van der Waals surface area (Å²) in [4.78, 5) is 0. The van der Waals surface area contributed by atoms with Crippen molar-refractivity contribution in [3.8, 4) is 5.69 Å². The zero-order valence-corrected chi connectivity index (χ0v) is 11.7. The van der Waals surface area contributed by atoms with Crippen molar-refractivity contribution in [1.29, 1.82) is 0 Å². The van der Waals surface area contributed by atoms with Gasteiger partial charge in [-0.05, 0) is 47.5 Å². The van der Waals surface area contributed by atoms with Gasteiger partial charge in [-0.15, -0.1) is 5.10 Å². The third-order valence-electron chi connectivity index (χ3n) is 3.45. The first kappa shape index (κ1) is 13.7. The van der Waals surface area contributed by atoms with E-state index in [1.54, 1.807) is 11.0 Å². The van der Waals surface area contributed by atoms with Crippen molar-refractivity contribution in [2.75, 3.05) is 6.54 Å². The first-order valence-corrected chi connectivity index (χ1v) is 6.77. The van der Waals surface area contributed by atoms with E-state index in [1.165, 1.54) is 12.0 Å². The molecule has 0 spiro atoms. The summed E-state index contributed by atoms with van der Waals surface area (Å²) in [6, 6.07) is 8.60. The van der Waals surface area contributed by atoms with Gasteiger partial charge in [-0.2, -0.15) is 0 Å². The highest BCUT2D eigenvalue weighted by molar-refractivity contribution is 5.35. The zero-order chi connectivity index (χ0) is 13.7. The fourth-order valence-corrected chi connectivity index (χ4v) is 1.86. The van der Waals surface area contributed by atoms with E-state index in [0.29, 0.717) is 12.0 Å². The smallest absolute Gasteiger partial charge is 0.143 e. The van der Waals surface area contributed by atoms with Crippen LogP contribution in [0.5, 0.6) is 0 Å². The fourth-order valence-electron chi connectivity index (χ4n) is 1.86. The van der Waals surface area contributed by atoms with E-state index in [4.69, 9.17) is 0 Å². The lowest BCUT2D eigenvalue weighted by Crippen LogP contribution is -2.24. The lowest BCUT2D eigenvalue weighted by molar-refractivity contribution is 0.461. The Balaban J connectivity index is 2.06. The maximum Gasteiger partial charge on any atom is 0.143 e. The van der Waals surface area contributed by atoms with Crippen molar-refractivity contribution in [1.82, 2.24) is 25.5 Å². The maximum atomic E-state index is 3.91. The van der Waals surface area contributed by atoms with Crippen molar-refractivity contribution in [2.45, 2.75) is 33.2 Å². The normalized spacial score (nSPS) is 14.3.